The van der Waals surface area contributed by atoms with Crippen LogP contribution in [-0.2, 0) is 23.9 Å². The largest absolute Gasteiger partial charge is 0.477 e. The fraction of sp³-hybridized carbons (Fsp3) is 0.800. The van der Waals surface area contributed by atoms with E-state index in [0.29, 0.717) is 6.42 Å². The number of alkyl halides is 2. The molecule has 0 saturated carbocycles. The molecular weight excluding hydrogens is 462 g/mol. The highest BCUT2D eigenvalue weighted by atomic mass is 19.2. The number of nitrogens with two attached hydrogens (primary N) is 1. The first-order valence-corrected chi connectivity index (χ1v) is 11.0. The number of carboxylic acid groups (broad SMARTS) is 1. The van der Waals surface area contributed by atoms with Gasteiger partial charge in [-0.1, -0.05) is 32.6 Å². The highest BCUT2D eigenvalue weighted by Gasteiger charge is 2.63. The van der Waals surface area contributed by atoms with Crippen molar-refractivity contribution >= 4 is 23.8 Å². The third-order valence-electron chi connectivity index (χ3n) is 5.33. The second-order valence-corrected chi connectivity index (χ2v) is 8.15. The number of aliphatic carboxylic acids is 1. The number of unbranched alkanes of at least 4 members (excludes halogenated alkanes) is 4. The minimum Gasteiger partial charge on any atom is -0.477 e. The van der Waals surface area contributed by atoms with Crippen LogP contribution in [-0.4, -0.2) is 88.2 Å². The molecular formula is C20H34F2N4O8. The quantitative estimate of drug-likeness (QED) is 0.0750. The number of halogens is 2. The Hall–Kier alpha value is -2.58. The predicted octanol–water partition coefficient (Wildman–Crippen LogP) is -0.544. The van der Waals surface area contributed by atoms with Gasteiger partial charge in [-0.3, -0.25) is 15.0 Å². The van der Waals surface area contributed by atoms with Gasteiger partial charge in [-0.05, 0) is 6.42 Å². The molecule has 8 N–H and O–H groups in total. The van der Waals surface area contributed by atoms with E-state index >= 15 is 0 Å². The monoisotopic (exact) mass is 496 g/mol. The van der Waals surface area contributed by atoms with Crippen LogP contribution < -0.4 is 16.4 Å². The van der Waals surface area contributed by atoms with Crippen molar-refractivity contribution in [3.8, 4) is 0 Å². The number of rotatable bonds is 13. The number of carboxylic acids is 1. The molecule has 0 radical (unpaired) electrons. The number of amides is 1. The number of hydrogen-bond acceptors (Lipinski definition) is 8. The van der Waals surface area contributed by atoms with Gasteiger partial charge in [0.05, 0.1) is 12.1 Å². The molecule has 14 heteroatoms. The summed E-state index contributed by atoms with van der Waals surface area (Å²) >= 11 is 0. The van der Waals surface area contributed by atoms with Crippen LogP contribution in [0.15, 0.2) is 0 Å². The van der Waals surface area contributed by atoms with Gasteiger partial charge in [0.1, 0.15) is 24.9 Å². The van der Waals surface area contributed by atoms with Gasteiger partial charge in [0.15, 0.2) is 12.1 Å². The minimum atomic E-state index is -4.01. The van der Waals surface area contributed by atoms with Crippen LogP contribution in [0.1, 0.15) is 52.4 Å². The second kappa shape index (κ2) is 13.3. The van der Waals surface area contributed by atoms with Crippen LogP contribution in [0.3, 0.4) is 0 Å². The van der Waals surface area contributed by atoms with Crippen LogP contribution in [0.2, 0.25) is 0 Å². The fourth-order valence-electron chi connectivity index (χ4n) is 3.59. The first kappa shape index (κ1) is 29.5. The fourth-order valence-corrected chi connectivity index (χ4v) is 3.59. The minimum absolute atomic E-state index is 0.0711. The summed E-state index contributed by atoms with van der Waals surface area (Å²) < 4.78 is 39.4. The molecule has 12 nitrogen and oxygen atoms in total. The van der Waals surface area contributed by atoms with Crippen molar-refractivity contribution in [2.75, 3.05) is 6.61 Å². The lowest BCUT2D eigenvalue weighted by molar-refractivity contribution is -0.277. The number of esters is 1. The molecule has 1 aliphatic rings. The molecule has 196 valence electrons. The Labute approximate surface area is 195 Å². The van der Waals surface area contributed by atoms with E-state index in [0.717, 1.165) is 32.6 Å². The normalized spacial score (nSPS) is 28.4. The SMILES string of the molecule is CCCCCCCC(=O)OC[C@@H](O)[C@@H](O)C1O[C@@](F)(C(=O)O)C(F)C(NC(=N)N)C1NC(C)=O. The summed E-state index contributed by atoms with van der Waals surface area (Å²) in [5.74, 6) is -8.71. The predicted molar refractivity (Wildman–Crippen MR) is 114 cm³/mol. The van der Waals surface area contributed by atoms with Crippen LogP contribution >= 0.6 is 0 Å². The van der Waals surface area contributed by atoms with Crippen molar-refractivity contribution in [2.24, 2.45) is 5.73 Å². The Morgan fingerprint density at radius 1 is 1.18 bits per heavy atom. The van der Waals surface area contributed by atoms with Crippen LogP contribution in [0.25, 0.3) is 0 Å². The summed E-state index contributed by atoms with van der Waals surface area (Å²) in [5.41, 5.74) is 5.19. The number of hydrogen-bond donors (Lipinski definition) is 7. The topological polar surface area (TPSA) is 204 Å². The molecule has 34 heavy (non-hydrogen) atoms. The maximum atomic E-state index is 15.0. The van der Waals surface area contributed by atoms with E-state index < -0.39 is 72.8 Å². The van der Waals surface area contributed by atoms with E-state index in [2.05, 4.69) is 5.32 Å². The van der Waals surface area contributed by atoms with Crippen molar-refractivity contribution < 1.29 is 48.0 Å². The maximum absolute atomic E-state index is 15.0. The molecule has 1 fully saturated rings. The molecule has 0 bridgehead atoms. The van der Waals surface area contributed by atoms with Crippen molar-refractivity contribution in [1.82, 2.24) is 10.6 Å². The van der Waals surface area contributed by atoms with Gasteiger partial charge in [-0.2, -0.15) is 4.39 Å². The van der Waals surface area contributed by atoms with Crippen molar-refractivity contribution in [2.45, 2.75) is 94.8 Å². The van der Waals surface area contributed by atoms with E-state index in [1.54, 1.807) is 0 Å². The van der Waals surface area contributed by atoms with Gasteiger partial charge in [0, 0.05) is 13.3 Å². The van der Waals surface area contributed by atoms with Gasteiger partial charge in [-0.25, -0.2) is 9.18 Å². The number of aliphatic hydroxyl groups excluding tert-OH is 2. The Morgan fingerprint density at radius 2 is 1.79 bits per heavy atom. The van der Waals surface area contributed by atoms with Crippen molar-refractivity contribution in [3.63, 3.8) is 0 Å². The standard InChI is InChI=1S/C20H34F2N4O8/c1-3-4-5-6-7-8-12(29)33-9-11(28)15(30)16-13(25-10(2)27)14(26-19(23)24)17(21)20(22,34-16)18(31)32/h11,13-17,28,30H,3-9H2,1-2H3,(H,25,27)(H,31,32)(H4,23,24,26)/t11-,13?,14?,15-,16?,17?,20-/m1/s1. The Bertz CT molecular complexity index is 731. The lowest BCUT2D eigenvalue weighted by Gasteiger charge is -2.47. The molecule has 1 amide bonds. The molecule has 1 rings (SSSR count). The van der Waals surface area contributed by atoms with Crippen LogP contribution in [0, 0.1) is 5.41 Å². The van der Waals surface area contributed by atoms with Crippen molar-refractivity contribution in [3.05, 3.63) is 0 Å². The number of nitrogens with one attached hydrogen (secondary N) is 3. The molecule has 1 saturated heterocycles. The molecule has 4 unspecified atom stereocenters. The molecule has 0 aromatic carbocycles. The van der Waals surface area contributed by atoms with E-state index in [4.69, 9.17) is 20.6 Å². The van der Waals surface area contributed by atoms with Crippen molar-refractivity contribution in [1.29, 1.82) is 5.41 Å². The number of carbonyl (C=O) groups is 3. The summed E-state index contributed by atoms with van der Waals surface area (Å²) in [6.07, 6.45) is -4.58. The Kier molecular flexibility index (Phi) is 11.6. The summed E-state index contributed by atoms with van der Waals surface area (Å²) in [4.78, 5) is 34.9. The zero-order valence-electron chi connectivity index (χ0n) is 19.1. The zero-order chi connectivity index (χ0) is 26.1. The number of carbonyl (C=O) groups excluding carboxylic acids is 2. The first-order valence-electron chi connectivity index (χ1n) is 11.0. The van der Waals surface area contributed by atoms with Gasteiger partial charge < -0.3 is 41.2 Å². The van der Waals surface area contributed by atoms with E-state index in [-0.39, 0.29) is 6.42 Å². The summed E-state index contributed by atoms with van der Waals surface area (Å²) in [6, 6.07) is -3.63. The molecule has 0 aliphatic carbocycles. The average molecular weight is 497 g/mol. The van der Waals surface area contributed by atoms with Crippen LogP contribution in [0.5, 0.6) is 0 Å². The smallest absolute Gasteiger partial charge is 0.372 e. The molecule has 0 aromatic heterocycles. The highest BCUT2D eigenvalue weighted by molar-refractivity contribution is 5.79. The van der Waals surface area contributed by atoms with Gasteiger partial charge in [0.25, 0.3) is 0 Å². The number of guanidine groups is 1. The highest BCUT2D eigenvalue weighted by Crippen LogP contribution is 2.36. The average Bonchev–Trinajstić information content (AvgIpc) is 2.75. The van der Waals surface area contributed by atoms with Gasteiger partial charge >= 0.3 is 17.8 Å². The zero-order valence-corrected chi connectivity index (χ0v) is 19.1. The molecule has 7 atom stereocenters. The number of aliphatic hydroxyl groups is 2. The Morgan fingerprint density at radius 3 is 2.32 bits per heavy atom. The van der Waals surface area contributed by atoms with E-state index in [9.17, 15) is 38.5 Å². The lowest BCUT2D eigenvalue weighted by atomic mass is 9.86. The molecule has 0 spiro atoms. The van der Waals surface area contributed by atoms with E-state index in [1.165, 1.54) is 0 Å². The first-order chi connectivity index (χ1) is 15.8. The molecule has 1 aliphatic heterocycles. The van der Waals surface area contributed by atoms with Gasteiger partial charge in [0.2, 0.25) is 5.91 Å². The van der Waals surface area contributed by atoms with E-state index in [1.807, 2.05) is 12.2 Å². The summed E-state index contributed by atoms with van der Waals surface area (Å²) in [6.45, 7) is 2.30. The second-order valence-electron chi connectivity index (χ2n) is 8.15. The summed E-state index contributed by atoms with van der Waals surface area (Å²) in [5, 5.41) is 41.5. The molecule has 1 heterocycles. The third-order valence-corrected chi connectivity index (χ3v) is 5.33. The third kappa shape index (κ3) is 8.02. The Balaban J connectivity index is 2.98. The van der Waals surface area contributed by atoms with Crippen LogP contribution in [0.4, 0.5) is 8.78 Å². The maximum Gasteiger partial charge on any atom is 0.372 e. The summed E-state index contributed by atoms with van der Waals surface area (Å²) in [7, 11) is 0. The number of ether oxygens (including phenoxy) is 2. The molecule has 0 aromatic rings. The lowest BCUT2D eigenvalue weighted by Crippen LogP contribution is -2.74. The van der Waals surface area contributed by atoms with Gasteiger partial charge in [-0.15, -0.1) is 0 Å².